The third kappa shape index (κ3) is 3.35. The quantitative estimate of drug-likeness (QED) is 0.539. The van der Waals surface area contributed by atoms with E-state index in [1.54, 1.807) is 0 Å². The number of para-hydroxylation sites is 2. The van der Waals surface area contributed by atoms with Crippen LogP contribution in [0.1, 0.15) is 21.8 Å². The number of hydrogen-bond acceptors (Lipinski definition) is 7. The zero-order valence-corrected chi connectivity index (χ0v) is 16.7. The molecule has 0 bridgehead atoms. The van der Waals surface area contributed by atoms with E-state index in [0.29, 0.717) is 28.8 Å². The summed E-state index contributed by atoms with van der Waals surface area (Å²) < 4.78 is 0. The number of H-pyrrole nitrogens is 2. The molecule has 0 radical (unpaired) electrons. The lowest BCUT2D eigenvalue weighted by atomic mass is 10.3. The number of nitrogens with zero attached hydrogens (tertiary/aromatic N) is 6. The highest BCUT2D eigenvalue weighted by atomic mass is 32.1. The van der Waals surface area contributed by atoms with Crippen LogP contribution in [0.4, 0.5) is 5.95 Å². The van der Waals surface area contributed by atoms with Gasteiger partial charge in [-0.2, -0.15) is 5.10 Å². The Morgan fingerprint density at radius 1 is 1.14 bits per heavy atom. The molecule has 0 atom stereocenters. The summed E-state index contributed by atoms with van der Waals surface area (Å²) in [4.78, 5) is 34.6. The number of aromatic nitrogens is 6. The van der Waals surface area contributed by atoms with Gasteiger partial charge in [-0.3, -0.25) is 9.89 Å². The largest absolute Gasteiger partial charge is 0.341 e. The number of amides is 1. The first kappa shape index (κ1) is 17.8. The standard InChI is InChI=1S/C19H20N8OS/c1-12-15(29-17(22-12)16-20-11-21-25-16)18(28)26-7-4-8-27(10-9-26)19-23-13-5-2-3-6-14(13)24-19/h2-3,5-6,11H,4,7-10H2,1H3,(H,23,24)(H,20,21,25). The number of rotatable bonds is 3. The first-order valence-corrected chi connectivity index (χ1v) is 10.3. The third-order valence-electron chi connectivity index (χ3n) is 5.07. The van der Waals surface area contributed by atoms with Crippen LogP contribution in [-0.2, 0) is 0 Å². The van der Waals surface area contributed by atoms with Crippen molar-refractivity contribution in [3.8, 4) is 10.8 Å². The van der Waals surface area contributed by atoms with Crippen molar-refractivity contribution in [2.75, 3.05) is 31.1 Å². The van der Waals surface area contributed by atoms with Gasteiger partial charge in [0.2, 0.25) is 5.95 Å². The van der Waals surface area contributed by atoms with E-state index in [9.17, 15) is 4.79 Å². The number of aryl methyl sites for hydroxylation is 1. The SMILES string of the molecule is Cc1nc(-c2ncn[nH]2)sc1C(=O)N1CCCN(c2nc3ccccc3[nH]2)CC1. The van der Waals surface area contributed by atoms with Gasteiger partial charge in [-0.1, -0.05) is 12.1 Å². The van der Waals surface area contributed by atoms with Crippen LogP contribution in [0.3, 0.4) is 0 Å². The Hall–Kier alpha value is -3.27. The molecule has 3 aromatic heterocycles. The Balaban J connectivity index is 1.32. The highest BCUT2D eigenvalue weighted by Crippen LogP contribution is 2.27. The number of imidazole rings is 1. The van der Waals surface area contributed by atoms with Crippen molar-refractivity contribution >= 4 is 34.2 Å². The van der Waals surface area contributed by atoms with Crippen molar-refractivity contribution in [3.63, 3.8) is 0 Å². The predicted molar refractivity (Wildman–Crippen MR) is 111 cm³/mol. The van der Waals surface area contributed by atoms with E-state index in [4.69, 9.17) is 4.98 Å². The van der Waals surface area contributed by atoms with E-state index in [-0.39, 0.29) is 5.91 Å². The Morgan fingerprint density at radius 3 is 2.86 bits per heavy atom. The maximum atomic E-state index is 13.1. The van der Waals surface area contributed by atoms with Crippen molar-refractivity contribution in [2.24, 2.45) is 0 Å². The van der Waals surface area contributed by atoms with Gasteiger partial charge in [-0.25, -0.2) is 15.0 Å². The molecule has 0 unspecified atom stereocenters. The van der Waals surface area contributed by atoms with E-state index < -0.39 is 0 Å². The molecule has 1 aliphatic heterocycles. The molecule has 4 aromatic rings. The molecule has 5 rings (SSSR count). The summed E-state index contributed by atoms with van der Waals surface area (Å²) in [5.41, 5.74) is 2.71. The van der Waals surface area contributed by atoms with Gasteiger partial charge in [0.25, 0.3) is 5.91 Å². The van der Waals surface area contributed by atoms with Gasteiger partial charge in [0, 0.05) is 26.2 Å². The van der Waals surface area contributed by atoms with Crippen LogP contribution >= 0.6 is 11.3 Å². The summed E-state index contributed by atoms with van der Waals surface area (Å²) >= 11 is 1.36. The first-order chi connectivity index (χ1) is 14.2. The first-order valence-electron chi connectivity index (χ1n) is 9.51. The van der Waals surface area contributed by atoms with Crippen LogP contribution in [0, 0.1) is 6.92 Å². The highest BCUT2D eigenvalue weighted by molar-refractivity contribution is 7.17. The van der Waals surface area contributed by atoms with E-state index in [0.717, 1.165) is 42.2 Å². The fourth-order valence-electron chi connectivity index (χ4n) is 3.57. The van der Waals surface area contributed by atoms with E-state index in [2.05, 4.69) is 30.0 Å². The number of fused-ring (bicyclic) bond motifs is 1. The Kier molecular flexibility index (Phi) is 4.47. The minimum Gasteiger partial charge on any atom is -0.341 e. The van der Waals surface area contributed by atoms with Crippen molar-refractivity contribution in [1.82, 2.24) is 35.0 Å². The summed E-state index contributed by atoms with van der Waals surface area (Å²) in [6, 6.07) is 8.01. The number of thiazole rings is 1. The fourth-order valence-corrected chi connectivity index (χ4v) is 4.55. The third-order valence-corrected chi connectivity index (χ3v) is 6.22. The van der Waals surface area contributed by atoms with Crippen molar-refractivity contribution < 1.29 is 4.79 Å². The number of benzene rings is 1. The van der Waals surface area contributed by atoms with Gasteiger partial charge in [0.1, 0.15) is 11.2 Å². The average Bonchev–Trinajstić information content (AvgIpc) is 3.44. The number of carbonyl (C=O) groups excluding carboxylic acids is 1. The number of hydrogen-bond donors (Lipinski definition) is 2. The molecule has 148 valence electrons. The lowest BCUT2D eigenvalue weighted by Gasteiger charge is -2.21. The van der Waals surface area contributed by atoms with Crippen LogP contribution in [0.15, 0.2) is 30.6 Å². The second-order valence-electron chi connectivity index (χ2n) is 6.98. The van der Waals surface area contributed by atoms with Gasteiger partial charge < -0.3 is 14.8 Å². The molecule has 0 aliphatic carbocycles. The molecule has 4 heterocycles. The molecule has 1 fully saturated rings. The highest BCUT2D eigenvalue weighted by Gasteiger charge is 2.25. The van der Waals surface area contributed by atoms with Gasteiger partial charge in [0.15, 0.2) is 10.8 Å². The van der Waals surface area contributed by atoms with Gasteiger partial charge in [-0.15, -0.1) is 11.3 Å². The van der Waals surface area contributed by atoms with Crippen molar-refractivity contribution in [1.29, 1.82) is 0 Å². The second-order valence-corrected chi connectivity index (χ2v) is 7.98. The van der Waals surface area contributed by atoms with Crippen LogP contribution < -0.4 is 4.90 Å². The van der Waals surface area contributed by atoms with Gasteiger partial charge >= 0.3 is 0 Å². The summed E-state index contributed by atoms with van der Waals surface area (Å²) in [6.07, 6.45) is 2.32. The molecule has 1 aromatic carbocycles. The normalized spacial score (nSPS) is 15.1. The Morgan fingerprint density at radius 2 is 2.03 bits per heavy atom. The van der Waals surface area contributed by atoms with E-state index in [1.807, 2.05) is 36.1 Å². The molecule has 0 saturated carbocycles. The van der Waals surface area contributed by atoms with Crippen LogP contribution in [0.25, 0.3) is 21.9 Å². The van der Waals surface area contributed by atoms with Crippen LogP contribution in [0.2, 0.25) is 0 Å². The molecule has 0 spiro atoms. The average molecular weight is 408 g/mol. The molecule has 10 heteroatoms. The Labute approximate surface area is 170 Å². The molecular weight excluding hydrogens is 388 g/mol. The zero-order chi connectivity index (χ0) is 19.8. The number of carbonyl (C=O) groups is 1. The number of aromatic amines is 2. The van der Waals surface area contributed by atoms with Gasteiger partial charge in [0.05, 0.1) is 16.7 Å². The second kappa shape index (κ2) is 7.28. The lowest BCUT2D eigenvalue weighted by Crippen LogP contribution is -2.35. The molecule has 9 nitrogen and oxygen atoms in total. The smallest absolute Gasteiger partial charge is 0.265 e. The molecule has 29 heavy (non-hydrogen) atoms. The molecule has 1 saturated heterocycles. The monoisotopic (exact) mass is 408 g/mol. The van der Waals surface area contributed by atoms with Crippen molar-refractivity contribution in [3.05, 3.63) is 41.2 Å². The minimum absolute atomic E-state index is 0.0252. The van der Waals surface area contributed by atoms with E-state index >= 15 is 0 Å². The summed E-state index contributed by atoms with van der Waals surface area (Å²) in [5, 5.41) is 7.34. The molecule has 1 amide bonds. The topological polar surface area (TPSA) is 107 Å². The number of anilines is 1. The summed E-state index contributed by atoms with van der Waals surface area (Å²) in [6.45, 7) is 4.81. The fraction of sp³-hybridized carbons (Fsp3) is 0.316. The maximum absolute atomic E-state index is 13.1. The predicted octanol–water partition coefficient (Wildman–Crippen LogP) is 2.47. The van der Waals surface area contributed by atoms with Crippen LogP contribution in [-0.4, -0.2) is 67.1 Å². The molecule has 1 aliphatic rings. The van der Waals surface area contributed by atoms with Gasteiger partial charge in [-0.05, 0) is 25.5 Å². The van der Waals surface area contributed by atoms with Crippen LogP contribution in [0.5, 0.6) is 0 Å². The zero-order valence-electron chi connectivity index (χ0n) is 15.9. The van der Waals surface area contributed by atoms with E-state index in [1.165, 1.54) is 17.7 Å². The summed E-state index contributed by atoms with van der Waals surface area (Å²) in [5.74, 6) is 1.48. The Bertz CT molecular complexity index is 1120. The summed E-state index contributed by atoms with van der Waals surface area (Å²) in [7, 11) is 0. The van der Waals surface area contributed by atoms with Crippen molar-refractivity contribution in [2.45, 2.75) is 13.3 Å². The molecule has 2 N–H and O–H groups in total. The number of nitrogens with one attached hydrogen (secondary N) is 2. The maximum Gasteiger partial charge on any atom is 0.265 e. The molecular formula is C19H20N8OS. The minimum atomic E-state index is 0.0252. The lowest BCUT2D eigenvalue weighted by molar-refractivity contribution is 0.0771.